The van der Waals surface area contributed by atoms with Crippen LogP contribution in [0.4, 0.5) is 0 Å². The number of hydrogen-bond donors (Lipinski definition) is 0. The third-order valence-electron chi connectivity index (χ3n) is 2.70. The Hall–Kier alpha value is -0.560. The molecule has 0 spiro atoms. The van der Waals surface area contributed by atoms with Crippen molar-refractivity contribution in [1.29, 1.82) is 0 Å². The Bertz CT molecular complexity index is 240. The fraction of sp³-hybridized carbons (Fsp3) is 0.692. The highest BCUT2D eigenvalue weighted by atomic mass is 16.5. The molecule has 0 aromatic carbocycles. The average Bonchev–Trinajstić information content (AvgIpc) is 2.46. The second-order valence-electron chi connectivity index (χ2n) is 4.91. The van der Waals surface area contributed by atoms with Crippen LogP contribution >= 0.6 is 0 Å². The van der Waals surface area contributed by atoms with Crippen molar-refractivity contribution in [3.8, 4) is 0 Å². The molecule has 1 heteroatoms. The molecular weight excluding hydrogens is 172 g/mol. The number of hydrogen-bond acceptors (Lipinski definition) is 1. The molecule has 2 unspecified atom stereocenters. The maximum atomic E-state index is 5.97. The van der Waals surface area contributed by atoms with Crippen LogP contribution in [-0.4, -0.2) is 11.7 Å². The summed E-state index contributed by atoms with van der Waals surface area (Å²) in [4.78, 5) is 0. The van der Waals surface area contributed by atoms with Crippen molar-refractivity contribution in [2.24, 2.45) is 5.92 Å². The van der Waals surface area contributed by atoms with Crippen molar-refractivity contribution in [3.63, 3.8) is 0 Å². The van der Waals surface area contributed by atoms with Crippen LogP contribution in [-0.2, 0) is 4.74 Å². The van der Waals surface area contributed by atoms with E-state index in [9.17, 15) is 0 Å². The second kappa shape index (κ2) is 4.31. The van der Waals surface area contributed by atoms with Crippen molar-refractivity contribution in [2.75, 3.05) is 0 Å². The summed E-state index contributed by atoms with van der Waals surface area (Å²) >= 11 is 0. The standard InChI is InChI=1S/C13H22O/c1-10(2)6-8-13(5)9-7-12(14-13)11(3)4/h6,8,10,12H,3,7,9H2,1-2,4-5H3/b8-6+. The van der Waals surface area contributed by atoms with Crippen molar-refractivity contribution >= 4 is 0 Å². The van der Waals surface area contributed by atoms with Crippen LogP contribution in [0.3, 0.4) is 0 Å². The van der Waals surface area contributed by atoms with Crippen LogP contribution in [0.1, 0.15) is 40.5 Å². The molecule has 1 aliphatic rings. The SMILES string of the molecule is C=C(C)C1CCC(C)(/C=C/C(C)C)O1. The summed E-state index contributed by atoms with van der Waals surface area (Å²) in [5.74, 6) is 0.597. The van der Waals surface area contributed by atoms with E-state index in [1.807, 2.05) is 6.92 Å². The van der Waals surface area contributed by atoms with Gasteiger partial charge in [-0.2, -0.15) is 0 Å². The van der Waals surface area contributed by atoms with Gasteiger partial charge in [-0.25, -0.2) is 0 Å². The normalized spacial score (nSPS) is 33.1. The Balaban J connectivity index is 2.57. The molecule has 0 aliphatic carbocycles. The van der Waals surface area contributed by atoms with Gasteiger partial charge in [-0.1, -0.05) is 38.2 Å². The highest BCUT2D eigenvalue weighted by molar-refractivity contribution is 5.10. The Labute approximate surface area is 87.8 Å². The van der Waals surface area contributed by atoms with Crippen LogP contribution < -0.4 is 0 Å². The van der Waals surface area contributed by atoms with E-state index in [1.54, 1.807) is 0 Å². The lowest BCUT2D eigenvalue weighted by Gasteiger charge is -2.21. The van der Waals surface area contributed by atoms with Gasteiger partial charge in [0.1, 0.15) is 0 Å². The maximum absolute atomic E-state index is 5.97. The van der Waals surface area contributed by atoms with E-state index in [-0.39, 0.29) is 11.7 Å². The summed E-state index contributed by atoms with van der Waals surface area (Å²) in [5, 5.41) is 0. The first-order valence-corrected chi connectivity index (χ1v) is 5.45. The second-order valence-corrected chi connectivity index (χ2v) is 4.91. The Morgan fingerprint density at radius 2 is 2.21 bits per heavy atom. The largest absolute Gasteiger partial charge is 0.364 e. The molecule has 1 nitrogen and oxygen atoms in total. The number of rotatable bonds is 3. The average molecular weight is 194 g/mol. The molecular formula is C13H22O. The number of ether oxygens (including phenoxy) is 1. The third-order valence-corrected chi connectivity index (χ3v) is 2.70. The van der Waals surface area contributed by atoms with Crippen molar-refractivity contribution in [3.05, 3.63) is 24.3 Å². The fourth-order valence-electron chi connectivity index (χ4n) is 1.73. The van der Waals surface area contributed by atoms with Gasteiger partial charge in [-0.15, -0.1) is 0 Å². The molecule has 1 aliphatic heterocycles. The predicted octanol–water partition coefficient (Wildman–Crippen LogP) is 3.71. The van der Waals surface area contributed by atoms with Gasteiger partial charge in [0.05, 0.1) is 11.7 Å². The first-order valence-electron chi connectivity index (χ1n) is 5.45. The Kier molecular flexibility index (Phi) is 3.54. The summed E-state index contributed by atoms with van der Waals surface area (Å²) in [5.41, 5.74) is 1.08. The molecule has 1 rings (SSSR count). The summed E-state index contributed by atoms with van der Waals surface area (Å²) in [6, 6.07) is 0. The molecule has 0 radical (unpaired) electrons. The first kappa shape index (κ1) is 11.5. The molecule has 0 aromatic heterocycles. The van der Waals surface area contributed by atoms with E-state index in [4.69, 9.17) is 4.74 Å². The highest BCUT2D eigenvalue weighted by Crippen LogP contribution is 2.34. The van der Waals surface area contributed by atoms with E-state index < -0.39 is 0 Å². The Morgan fingerprint density at radius 3 is 2.64 bits per heavy atom. The molecule has 0 bridgehead atoms. The lowest BCUT2D eigenvalue weighted by Crippen LogP contribution is -2.22. The lowest BCUT2D eigenvalue weighted by atomic mass is 9.99. The van der Waals surface area contributed by atoms with E-state index in [0.29, 0.717) is 5.92 Å². The summed E-state index contributed by atoms with van der Waals surface area (Å²) in [7, 11) is 0. The van der Waals surface area contributed by atoms with E-state index >= 15 is 0 Å². The minimum atomic E-state index is -0.0616. The highest BCUT2D eigenvalue weighted by Gasteiger charge is 2.33. The van der Waals surface area contributed by atoms with Gasteiger partial charge < -0.3 is 4.74 Å². The predicted molar refractivity (Wildman–Crippen MR) is 61.3 cm³/mol. The summed E-state index contributed by atoms with van der Waals surface area (Å²) in [6.45, 7) is 12.5. The van der Waals surface area contributed by atoms with Crippen molar-refractivity contribution in [1.82, 2.24) is 0 Å². The molecule has 0 amide bonds. The lowest BCUT2D eigenvalue weighted by molar-refractivity contribution is 0.0218. The molecule has 2 atom stereocenters. The van der Waals surface area contributed by atoms with Gasteiger partial charge >= 0.3 is 0 Å². The van der Waals surface area contributed by atoms with Crippen LogP contribution in [0.25, 0.3) is 0 Å². The van der Waals surface area contributed by atoms with Crippen LogP contribution in [0.15, 0.2) is 24.3 Å². The van der Waals surface area contributed by atoms with Gasteiger partial charge in [0.25, 0.3) is 0 Å². The zero-order chi connectivity index (χ0) is 10.8. The van der Waals surface area contributed by atoms with Gasteiger partial charge in [0, 0.05) is 0 Å². The zero-order valence-electron chi connectivity index (χ0n) is 9.84. The molecule has 0 aromatic rings. The molecule has 14 heavy (non-hydrogen) atoms. The molecule has 1 fully saturated rings. The fourth-order valence-corrected chi connectivity index (χ4v) is 1.73. The van der Waals surface area contributed by atoms with Gasteiger partial charge in [0.2, 0.25) is 0 Å². The van der Waals surface area contributed by atoms with Gasteiger partial charge in [-0.3, -0.25) is 0 Å². The van der Waals surface area contributed by atoms with Gasteiger partial charge in [0.15, 0.2) is 0 Å². The smallest absolute Gasteiger partial charge is 0.0843 e. The molecule has 1 saturated heterocycles. The van der Waals surface area contributed by atoms with Crippen LogP contribution in [0, 0.1) is 5.92 Å². The van der Waals surface area contributed by atoms with Crippen molar-refractivity contribution in [2.45, 2.75) is 52.2 Å². The molecule has 80 valence electrons. The molecule has 0 saturated carbocycles. The van der Waals surface area contributed by atoms with Gasteiger partial charge in [-0.05, 0) is 32.6 Å². The maximum Gasteiger partial charge on any atom is 0.0843 e. The summed E-state index contributed by atoms with van der Waals surface area (Å²) < 4.78 is 5.97. The summed E-state index contributed by atoms with van der Waals surface area (Å²) in [6.07, 6.45) is 6.90. The third kappa shape index (κ3) is 2.98. The van der Waals surface area contributed by atoms with E-state index in [1.165, 1.54) is 0 Å². The number of allylic oxidation sites excluding steroid dienone is 1. The monoisotopic (exact) mass is 194 g/mol. The Morgan fingerprint density at radius 1 is 1.57 bits per heavy atom. The van der Waals surface area contributed by atoms with Crippen LogP contribution in [0.2, 0.25) is 0 Å². The zero-order valence-corrected chi connectivity index (χ0v) is 9.84. The van der Waals surface area contributed by atoms with Crippen molar-refractivity contribution < 1.29 is 4.74 Å². The molecule has 0 N–H and O–H groups in total. The van der Waals surface area contributed by atoms with E-state index in [2.05, 4.69) is 39.5 Å². The van der Waals surface area contributed by atoms with E-state index in [0.717, 1.165) is 18.4 Å². The topological polar surface area (TPSA) is 9.23 Å². The van der Waals surface area contributed by atoms with Crippen LogP contribution in [0.5, 0.6) is 0 Å². The minimum Gasteiger partial charge on any atom is -0.364 e. The quantitative estimate of drug-likeness (QED) is 0.622. The molecule has 1 heterocycles. The first-order chi connectivity index (χ1) is 6.43. The minimum absolute atomic E-state index is 0.0616.